The van der Waals surface area contributed by atoms with Crippen molar-refractivity contribution in [2.45, 2.75) is 63.4 Å². The second kappa shape index (κ2) is 13.7. The average Bonchev–Trinajstić information content (AvgIpc) is 3.41. The summed E-state index contributed by atoms with van der Waals surface area (Å²) >= 11 is 7.85. The summed E-state index contributed by atoms with van der Waals surface area (Å²) in [5.74, 6) is 0.930. The van der Waals surface area contributed by atoms with Crippen molar-refractivity contribution >= 4 is 35.2 Å². The maximum absolute atomic E-state index is 13.7. The first-order valence-corrected chi connectivity index (χ1v) is 14.5. The van der Waals surface area contributed by atoms with E-state index in [1.54, 1.807) is 16.7 Å². The van der Waals surface area contributed by atoms with Gasteiger partial charge in [-0.25, -0.2) is 0 Å². The summed E-state index contributed by atoms with van der Waals surface area (Å²) < 4.78 is 0. The molecule has 0 radical (unpaired) electrons. The Bertz CT molecular complexity index is 1160. The molecule has 0 bridgehead atoms. The number of aryl methyl sites for hydroxylation is 1. The number of nitrogens with zero attached hydrogens (tertiary/aromatic N) is 1. The van der Waals surface area contributed by atoms with Gasteiger partial charge in [-0.2, -0.15) is 0 Å². The first-order valence-electron chi connectivity index (χ1n) is 13.0. The number of halogens is 1. The van der Waals surface area contributed by atoms with Gasteiger partial charge in [-0.1, -0.05) is 96.7 Å². The van der Waals surface area contributed by atoms with Gasteiger partial charge in [0.25, 0.3) is 0 Å². The standard InChI is InChI=1S/C31H35ClN2O2S/c1-23-14-16-25(17-15-23)21-37-22-30(35)34(20-26-10-7-11-27(32)18-26)29(19-24-8-3-2-4-9-24)31(36)33-28-12-5-6-13-28/h2-4,7-11,14-18,28-29H,5-6,12-13,19-22H2,1H3,(H,33,36)/t29-/m1/s1. The van der Waals surface area contributed by atoms with Crippen LogP contribution < -0.4 is 5.32 Å². The Morgan fingerprint density at radius 1 is 0.946 bits per heavy atom. The molecule has 1 N–H and O–H groups in total. The summed E-state index contributed by atoms with van der Waals surface area (Å²) in [7, 11) is 0. The molecule has 1 aliphatic carbocycles. The fourth-order valence-corrected chi connectivity index (χ4v) is 5.86. The number of carbonyl (C=O) groups excluding carboxylic acids is 2. The van der Waals surface area contributed by atoms with Crippen LogP contribution in [-0.2, 0) is 28.3 Å². The van der Waals surface area contributed by atoms with Gasteiger partial charge < -0.3 is 10.2 Å². The summed E-state index contributed by atoms with van der Waals surface area (Å²) in [6.07, 6.45) is 4.73. The van der Waals surface area contributed by atoms with Crippen molar-refractivity contribution in [3.05, 3.63) is 106 Å². The number of rotatable bonds is 11. The zero-order valence-electron chi connectivity index (χ0n) is 21.4. The van der Waals surface area contributed by atoms with Gasteiger partial charge >= 0.3 is 0 Å². The van der Waals surface area contributed by atoms with Crippen LogP contribution in [0.15, 0.2) is 78.9 Å². The largest absolute Gasteiger partial charge is 0.352 e. The van der Waals surface area contributed by atoms with Crippen LogP contribution in [0.2, 0.25) is 5.02 Å². The van der Waals surface area contributed by atoms with Crippen molar-refractivity contribution in [2.75, 3.05) is 5.75 Å². The Morgan fingerprint density at radius 2 is 1.65 bits per heavy atom. The van der Waals surface area contributed by atoms with Crippen molar-refractivity contribution < 1.29 is 9.59 Å². The van der Waals surface area contributed by atoms with Crippen LogP contribution in [0.4, 0.5) is 0 Å². The first kappa shape index (κ1) is 27.3. The SMILES string of the molecule is Cc1ccc(CSCC(=O)N(Cc2cccc(Cl)c2)[C@H](Cc2ccccc2)C(=O)NC2CCCC2)cc1. The molecule has 3 aromatic rings. The molecule has 0 aliphatic heterocycles. The van der Waals surface area contributed by atoms with E-state index in [2.05, 4.69) is 36.5 Å². The lowest BCUT2D eigenvalue weighted by Gasteiger charge is -2.32. The lowest BCUT2D eigenvalue weighted by molar-refractivity contribution is -0.139. The summed E-state index contributed by atoms with van der Waals surface area (Å²) in [6, 6.07) is 25.5. The maximum Gasteiger partial charge on any atom is 0.243 e. The van der Waals surface area contributed by atoms with Crippen LogP contribution >= 0.6 is 23.4 Å². The quantitative estimate of drug-likeness (QED) is 0.302. The number of hydrogen-bond acceptors (Lipinski definition) is 3. The Balaban J connectivity index is 1.56. The molecule has 0 unspecified atom stereocenters. The van der Waals surface area contributed by atoms with Gasteiger partial charge in [0, 0.05) is 29.8 Å². The van der Waals surface area contributed by atoms with E-state index in [0.29, 0.717) is 23.7 Å². The minimum Gasteiger partial charge on any atom is -0.352 e. The Kier molecular flexibility index (Phi) is 10.1. The normalized spacial score (nSPS) is 14.3. The van der Waals surface area contributed by atoms with Crippen molar-refractivity contribution in [2.24, 2.45) is 0 Å². The van der Waals surface area contributed by atoms with Gasteiger partial charge in [0.2, 0.25) is 11.8 Å². The zero-order valence-corrected chi connectivity index (χ0v) is 22.9. The minimum absolute atomic E-state index is 0.0420. The van der Waals surface area contributed by atoms with E-state index in [-0.39, 0.29) is 17.9 Å². The van der Waals surface area contributed by atoms with E-state index in [1.807, 2.05) is 54.6 Å². The highest BCUT2D eigenvalue weighted by atomic mass is 35.5. The Morgan fingerprint density at radius 3 is 2.35 bits per heavy atom. The molecule has 4 rings (SSSR count). The number of amides is 2. The van der Waals surface area contributed by atoms with E-state index >= 15 is 0 Å². The van der Waals surface area contributed by atoms with E-state index in [4.69, 9.17) is 11.6 Å². The summed E-state index contributed by atoms with van der Waals surface area (Å²) in [5, 5.41) is 3.87. The second-order valence-electron chi connectivity index (χ2n) is 9.83. The van der Waals surface area contributed by atoms with Gasteiger partial charge in [-0.15, -0.1) is 11.8 Å². The van der Waals surface area contributed by atoms with Crippen LogP contribution in [0.3, 0.4) is 0 Å². The third kappa shape index (κ3) is 8.37. The van der Waals surface area contributed by atoms with Crippen molar-refractivity contribution in [3.8, 4) is 0 Å². The van der Waals surface area contributed by atoms with Crippen molar-refractivity contribution in [1.29, 1.82) is 0 Å². The first-order chi connectivity index (χ1) is 18.0. The Labute approximate surface area is 229 Å². The number of benzene rings is 3. The van der Waals surface area contributed by atoms with Crippen LogP contribution in [0.25, 0.3) is 0 Å². The molecule has 0 aromatic heterocycles. The number of nitrogens with one attached hydrogen (secondary N) is 1. The second-order valence-corrected chi connectivity index (χ2v) is 11.2. The molecule has 1 aliphatic rings. The lowest BCUT2D eigenvalue weighted by atomic mass is 10.0. The summed E-state index contributed by atoms with van der Waals surface area (Å²) in [6.45, 7) is 2.40. The van der Waals surface area contributed by atoms with Crippen molar-refractivity contribution in [1.82, 2.24) is 10.2 Å². The smallest absolute Gasteiger partial charge is 0.243 e. The number of thioether (sulfide) groups is 1. The third-order valence-corrected chi connectivity index (χ3v) is 8.05. The minimum atomic E-state index is -0.602. The van der Waals surface area contributed by atoms with Gasteiger partial charge in [0.05, 0.1) is 5.75 Å². The summed E-state index contributed by atoms with van der Waals surface area (Å²) in [4.78, 5) is 29.2. The molecule has 194 valence electrons. The third-order valence-electron chi connectivity index (χ3n) is 6.83. The van der Waals surface area contributed by atoms with Gasteiger partial charge in [-0.3, -0.25) is 9.59 Å². The predicted molar refractivity (Wildman–Crippen MR) is 154 cm³/mol. The lowest BCUT2D eigenvalue weighted by Crippen LogP contribution is -2.52. The molecule has 1 saturated carbocycles. The Hall–Kier alpha value is -2.76. The average molecular weight is 535 g/mol. The van der Waals surface area contributed by atoms with Gasteiger partial charge in [0.1, 0.15) is 6.04 Å². The molecular weight excluding hydrogens is 500 g/mol. The molecule has 2 amide bonds. The fourth-order valence-electron chi connectivity index (χ4n) is 4.78. The predicted octanol–water partition coefficient (Wildman–Crippen LogP) is 6.58. The topological polar surface area (TPSA) is 49.4 Å². The molecule has 1 fully saturated rings. The number of hydrogen-bond donors (Lipinski definition) is 1. The van der Waals surface area contributed by atoms with Crippen LogP contribution in [0.5, 0.6) is 0 Å². The number of carbonyl (C=O) groups is 2. The van der Waals surface area contributed by atoms with Crippen molar-refractivity contribution in [3.63, 3.8) is 0 Å². The molecule has 0 saturated heterocycles. The maximum atomic E-state index is 13.7. The molecule has 0 heterocycles. The highest BCUT2D eigenvalue weighted by Crippen LogP contribution is 2.22. The molecule has 1 atom stereocenters. The van der Waals surface area contributed by atoms with E-state index in [9.17, 15) is 9.59 Å². The highest BCUT2D eigenvalue weighted by Gasteiger charge is 2.32. The van der Waals surface area contributed by atoms with Gasteiger partial charge in [0.15, 0.2) is 0 Å². The molecule has 37 heavy (non-hydrogen) atoms. The fraction of sp³-hybridized carbons (Fsp3) is 0.355. The van der Waals surface area contributed by atoms with Crippen LogP contribution in [0.1, 0.15) is 47.9 Å². The molecule has 3 aromatic carbocycles. The summed E-state index contributed by atoms with van der Waals surface area (Å²) in [5.41, 5.74) is 4.35. The highest BCUT2D eigenvalue weighted by molar-refractivity contribution is 7.99. The van der Waals surface area contributed by atoms with E-state index in [1.165, 1.54) is 11.1 Å². The monoisotopic (exact) mass is 534 g/mol. The molecule has 0 spiro atoms. The molecular formula is C31H35ClN2O2S. The van der Waals surface area contributed by atoms with Gasteiger partial charge in [-0.05, 0) is 48.6 Å². The van der Waals surface area contributed by atoms with E-state index in [0.717, 1.165) is 42.6 Å². The van der Waals surface area contributed by atoms with Crippen LogP contribution in [0, 0.1) is 6.92 Å². The molecule has 6 heteroatoms. The van der Waals surface area contributed by atoms with E-state index < -0.39 is 6.04 Å². The van der Waals surface area contributed by atoms with Crippen LogP contribution in [-0.4, -0.2) is 34.6 Å². The zero-order chi connectivity index (χ0) is 26.0. The molecule has 4 nitrogen and oxygen atoms in total.